The molecule has 1 aromatic carbocycles. The van der Waals surface area contributed by atoms with Crippen LogP contribution in [-0.2, 0) is 0 Å². The molecule has 0 radical (unpaired) electrons. The van der Waals surface area contributed by atoms with Crippen molar-refractivity contribution in [3.63, 3.8) is 0 Å². The van der Waals surface area contributed by atoms with Gasteiger partial charge in [0, 0.05) is 11.3 Å². The minimum absolute atomic E-state index is 0.257. The number of amides is 1. The summed E-state index contributed by atoms with van der Waals surface area (Å²) >= 11 is 0. The van der Waals surface area contributed by atoms with Crippen molar-refractivity contribution in [1.82, 2.24) is 15.2 Å². The molecule has 1 amide bonds. The molecule has 0 bridgehead atoms. The lowest BCUT2D eigenvalue weighted by Crippen LogP contribution is -2.13. The number of carbonyl (C=O) groups is 1. The van der Waals surface area contributed by atoms with E-state index >= 15 is 0 Å². The second-order valence-electron chi connectivity index (χ2n) is 3.77. The van der Waals surface area contributed by atoms with Gasteiger partial charge in [0.2, 0.25) is 5.95 Å². The second-order valence-corrected chi connectivity index (χ2v) is 3.77. The third-order valence-electron chi connectivity index (χ3n) is 2.35. The summed E-state index contributed by atoms with van der Waals surface area (Å²) in [5.74, 6) is 0.655. The number of nitrogen functional groups attached to an aromatic ring is 1. The number of hydrogen-bond donors (Lipinski definition) is 3. The standard InChI is InChI=1S/C11H13N5O/c1-6-5-8(3-4-9(6)12)10(17)14-11-13-7(2)15-16-11/h3-5H,12H2,1-2H3,(H2,13,14,15,16,17). The lowest BCUT2D eigenvalue weighted by Gasteiger charge is -2.04. The first kappa shape index (κ1) is 11.1. The molecule has 88 valence electrons. The average Bonchev–Trinajstić information content (AvgIpc) is 2.68. The number of anilines is 2. The number of carbonyl (C=O) groups excluding carboxylic acids is 1. The first-order chi connectivity index (χ1) is 8.06. The highest BCUT2D eigenvalue weighted by atomic mass is 16.1. The number of aromatic amines is 1. The molecule has 0 saturated carbocycles. The van der Waals surface area contributed by atoms with Crippen molar-refractivity contribution in [2.24, 2.45) is 0 Å². The van der Waals surface area contributed by atoms with E-state index in [1.54, 1.807) is 25.1 Å². The van der Waals surface area contributed by atoms with Crippen LogP contribution in [0.4, 0.5) is 11.6 Å². The van der Waals surface area contributed by atoms with Crippen molar-refractivity contribution in [3.05, 3.63) is 35.2 Å². The van der Waals surface area contributed by atoms with Gasteiger partial charge in [-0.2, -0.15) is 4.98 Å². The minimum atomic E-state index is -0.257. The molecule has 6 heteroatoms. The number of nitrogens with one attached hydrogen (secondary N) is 2. The number of aryl methyl sites for hydroxylation is 2. The van der Waals surface area contributed by atoms with Gasteiger partial charge in [0.05, 0.1) is 0 Å². The van der Waals surface area contributed by atoms with E-state index < -0.39 is 0 Å². The smallest absolute Gasteiger partial charge is 0.258 e. The first-order valence-corrected chi connectivity index (χ1v) is 5.13. The van der Waals surface area contributed by atoms with E-state index in [9.17, 15) is 4.79 Å². The number of hydrogen-bond acceptors (Lipinski definition) is 4. The molecule has 0 unspecified atom stereocenters. The van der Waals surface area contributed by atoms with Crippen LogP contribution < -0.4 is 11.1 Å². The predicted molar refractivity (Wildman–Crippen MR) is 64.7 cm³/mol. The number of benzene rings is 1. The zero-order valence-electron chi connectivity index (χ0n) is 9.61. The Balaban J connectivity index is 2.17. The summed E-state index contributed by atoms with van der Waals surface area (Å²) in [4.78, 5) is 15.8. The molecule has 0 saturated heterocycles. The maximum absolute atomic E-state index is 11.8. The quantitative estimate of drug-likeness (QED) is 0.678. The molecule has 0 aliphatic rings. The van der Waals surface area contributed by atoms with E-state index in [1.807, 2.05) is 6.92 Å². The Hall–Kier alpha value is -2.37. The maximum Gasteiger partial charge on any atom is 0.258 e. The maximum atomic E-state index is 11.8. The van der Waals surface area contributed by atoms with Gasteiger partial charge in [-0.15, -0.1) is 5.10 Å². The summed E-state index contributed by atoms with van der Waals surface area (Å²) in [6.07, 6.45) is 0. The summed E-state index contributed by atoms with van der Waals surface area (Å²) in [5, 5.41) is 9.07. The van der Waals surface area contributed by atoms with Crippen molar-refractivity contribution in [2.45, 2.75) is 13.8 Å². The molecule has 6 nitrogen and oxygen atoms in total. The Bertz CT molecular complexity index is 561. The summed E-state index contributed by atoms with van der Waals surface area (Å²) in [6, 6.07) is 5.09. The fraction of sp³-hybridized carbons (Fsp3) is 0.182. The molecule has 17 heavy (non-hydrogen) atoms. The highest BCUT2D eigenvalue weighted by molar-refractivity contribution is 6.03. The van der Waals surface area contributed by atoms with Crippen LogP contribution in [0.1, 0.15) is 21.7 Å². The Morgan fingerprint density at radius 1 is 1.41 bits per heavy atom. The van der Waals surface area contributed by atoms with Gasteiger partial charge in [0.1, 0.15) is 5.82 Å². The molecule has 0 spiro atoms. The largest absolute Gasteiger partial charge is 0.399 e. The highest BCUT2D eigenvalue weighted by Crippen LogP contribution is 2.13. The Labute approximate surface area is 98.3 Å². The molecule has 0 aliphatic carbocycles. The van der Waals surface area contributed by atoms with E-state index in [0.717, 1.165) is 5.56 Å². The SMILES string of the molecule is Cc1nc(NC(=O)c2ccc(N)c(C)c2)n[nH]1. The van der Waals surface area contributed by atoms with Gasteiger partial charge in [-0.25, -0.2) is 0 Å². The number of nitrogens with zero attached hydrogens (tertiary/aromatic N) is 2. The lowest BCUT2D eigenvalue weighted by molar-refractivity contribution is 0.102. The lowest BCUT2D eigenvalue weighted by atomic mass is 10.1. The first-order valence-electron chi connectivity index (χ1n) is 5.13. The second kappa shape index (κ2) is 4.25. The van der Waals surface area contributed by atoms with E-state index in [4.69, 9.17) is 5.73 Å². The van der Waals surface area contributed by atoms with E-state index in [-0.39, 0.29) is 11.9 Å². The average molecular weight is 231 g/mol. The van der Waals surface area contributed by atoms with Crippen LogP contribution in [0, 0.1) is 13.8 Å². The van der Waals surface area contributed by atoms with Crippen molar-refractivity contribution in [1.29, 1.82) is 0 Å². The summed E-state index contributed by atoms with van der Waals surface area (Å²) in [7, 11) is 0. The topological polar surface area (TPSA) is 96.7 Å². The van der Waals surface area contributed by atoms with Gasteiger partial charge >= 0.3 is 0 Å². The van der Waals surface area contributed by atoms with Crippen LogP contribution in [0.15, 0.2) is 18.2 Å². The van der Waals surface area contributed by atoms with Crippen LogP contribution in [-0.4, -0.2) is 21.1 Å². The molecular weight excluding hydrogens is 218 g/mol. The summed E-state index contributed by atoms with van der Waals surface area (Å²) < 4.78 is 0. The van der Waals surface area contributed by atoms with Crippen molar-refractivity contribution in [2.75, 3.05) is 11.1 Å². The molecule has 1 aromatic heterocycles. The number of rotatable bonds is 2. The van der Waals surface area contributed by atoms with Crippen molar-refractivity contribution < 1.29 is 4.79 Å². The van der Waals surface area contributed by atoms with Gasteiger partial charge in [0.15, 0.2) is 0 Å². The zero-order chi connectivity index (χ0) is 12.4. The molecule has 0 atom stereocenters. The van der Waals surface area contributed by atoms with Crippen LogP contribution >= 0.6 is 0 Å². The third-order valence-corrected chi connectivity index (χ3v) is 2.35. The van der Waals surface area contributed by atoms with Gasteiger partial charge in [-0.05, 0) is 37.6 Å². The fourth-order valence-corrected chi connectivity index (χ4v) is 1.39. The van der Waals surface area contributed by atoms with Crippen LogP contribution in [0.3, 0.4) is 0 Å². The fourth-order valence-electron chi connectivity index (χ4n) is 1.39. The Kier molecular flexibility index (Phi) is 2.78. The predicted octanol–water partition coefficient (Wildman–Crippen LogP) is 1.26. The van der Waals surface area contributed by atoms with Gasteiger partial charge < -0.3 is 5.73 Å². The van der Waals surface area contributed by atoms with Gasteiger partial charge in [0.25, 0.3) is 5.91 Å². The number of nitrogens with two attached hydrogens (primary N) is 1. The van der Waals surface area contributed by atoms with Gasteiger partial charge in [-0.3, -0.25) is 15.2 Å². The van der Waals surface area contributed by atoms with E-state index in [0.29, 0.717) is 17.1 Å². The Morgan fingerprint density at radius 2 is 2.18 bits per heavy atom. The van der Waals surface area contributed by atoms with E-state index in [2.05, 4.69) is 20.5 Å². The monoisotopic (exact) mass is 231 g/mol. The molecule has 2 rings (SSSR count). The number of aromatic nitrogens is 3. The van der Waals surface area contributed by atoms with Crippen LogP contribution in [0.2, 0.25) is 0 Å². The van der Waals surface area contributed by atoms with Crippen molar-refractivity contribution in [3.8, 4) is 0 Å². The molecule has 0 fully saturated rings. The minimum Gasteiger partial charge on any atom is -0.399 e. The molecular formula is C11H13N5O. The molecule has 1 heterocycles. The molecule has 0 aliphatic heterocycles. The van der Waals surface area contributed by atoms with Crippen LogP contribution in [0.25, 0.3) is 0 Å². The zero-order valence-corrected chi connectivity index (χ0v) is 9.61. The normalized spacial score (nSPS) is 10.2. The summed E-state index contributed by atoms with van der Waals surface area (Å²) in [6.45, 7) is 3.61. The summed E-state index contributed by atoms with van der Waals surface area (Å²) in [5.41, 5.74) is 7.74. The molecule has 2 aromatic rings. The van der Waals surface area contributed by atoms with Crippen molar-refractivity contribution >= 4 is 17.5 Å². The Morgan fingerprint density at radius 3 is 2.76 bits per heavy atom. The molecule has 4 N–H and O–H groups in total. The van der Waals surface area contributed by atoms with Crippen LogP contribution in [0.5, 0.6) is 0 Å². The highest BCUT2D eigenvalue weighted by Gasteiger charge is 2.09. The number of H-pyrrole nitrogens is 1. The van der Waals surface area contributed by atoms with Gasteiger partial charge in [-0.1, -0.05) is 0 Å². The third kappa shape index (κ3) is 2.41. The van der Waals surface area contributed by atoms with E-state index in [1.165, 1.54) is 0 Å².